The Bertz CT molecular complexity index is 444. The summed E-state index contributed by atoms with van der Waals surface area (Å²) < 4.78 is 4.76. The van der Waals surface area contributed by atoms with Gasteiger partial charge in [0.2, 0.25) is 0 Å². The fourth-order valence-electron chi connectivity index (χ4n) is 3.02. The topological polar surface area (TPSA) is 38.3 Å². The van der Waals surface area contributed by atoms with Crippen LogP contribution in [0.1, 0.15) is 55.8 Å². The van der Waals surface area contributed by atoms with Crippen molar-refractivity contribution in [2.45, 2.75) is 51.5 Å². The Morgan fingerprint density at radius 3 is 2.90 bits per heavy atom. The van der Waals surface area contributed by atoms with E-state index in [0.717, 1.165) is 11.6 Å². The molecule has 3 nitrogen and oxygen atoms in total. The van der Waals surface area contributed by atoms with Gasteiger partial charge < -0.3 is 10.1 Å². The third-order valence-corrected chi connectivity index (χ3v) is 4.32. The highest BCUT2D eigenvalue weighted by molar-refractivity contribution is 5.90. The standard InChI is InChI=1S/C17H25NO2/c1-3-13-6-4-8-15(11-10-13)18-16-9-5-7-14(12-16)17(19)20-2/h5,7,9,12-13,15,18H,3-4,6,8,10-11H2,1-2H3. The third kappa shape index (κ3) is 3.99. The van der Waals surface area contributed by atoms with Crippen LogP contribution < -0.4 is 5.32 Å². The predicted octanol–water partition coefficient (Wildman–Crippen LogP) is 4.24. The van der Waals surface area contributed by atoms with Gasteiger partial charge in [-0.2, -0.15) is 0 Å². The van der Waals surface area contributed by atoms with Gasteiger partial charge in [-0.3, -0.25) is 0 Å². The van der Waals surface area contributed by atoms with Gasteiger partial charge in [0, 0.05) is 11.7 Å². The molecule has 2 atom stereocenters. The van der Waals surface area contributed by atoms with E-state index in [1.54, 1.807) is 6.07 Å². The molecule has 1 N–H and O–H groups in total. The van der Waals surface area contributed by atoms with E-state index >= 15 is 0 Å². The molecule has 0 spiro atoms. The van der Waals surface area contributed by atoms with Crippen LogP contribution >= 0.6 is 0 Å². The van der Waals surface area contributed by atoms with E-state index in [0.29, 0.717) is 11.6 Å². The first-order chi connectivity index (χ1) is 9.72. The molecule has 0 heterocycles. The largest absolute Gasteiger partial charge is 0.465 e. The normalized spacial score (nSPS) is 22.9. The summed E-state index contributed by atoms with van der Waals surface area (Å²) >= 11 is 0. The van der Waals surface area contributed by atoms with Gasteiger partial charge in [-0.15, -0.1) is 0 Å². The van der Waals surface area contributed by atoms with E-state index in [1.165, 1.54) is 45.6 Å². The van der Waals surface area contributed by atoms with E-state index in [2.05, 4.69) is 12.2 Å². The minimum Gasteiger partial charge on any atom is -0.465 e. The fourth-order valence-corrected chi connectivity index (χ4v) is 3.02. The molecule has 3 heteroatoms. The SMILES string of the molecule is CCC1CCCC(Nc2cccc(C(=O)OC)c2)CC1. The molecular formula is C17H25NO2. The number of hydrogen-bond donors (Lipinski definition) is 1. The molecule has 1 aromatic rings. The molecule has 0 saturated heterocycles. The number of esters is 1. The second-order valence-electron chi connectivity index (χ2n) is 5.70. The highest BCUT2D eigenvalue weighted by Crippen LogP contribution is 2.27. The summed E-state index contributed by atoms with van der Waals surface area (Å²) in [6, 6.07) is 8.12. The van der Waals surface area contributed by atoms with Crippen molar-refractivity contribution in [2.75, 3.05) is 12.4 Å². The van der Waals surface area contributed by atoms with Gasteiger partial charge in [-0.25, -0.2) is 4.79 Å². The highest BCUT2D eigenvalue weighted by Gasteiger charge is 2.17. The number of rotatable bonds is 4. The van der Waals surface area contributed by atoms with E-state index in [9.17, 15) is 4.79 Å². The van der Waals surface area contributed by atoms with Crippen LogP contribution in [-0.4, -0.2) is 19.1 Å². The van der Waals surface area contributed by atoms with Crippen LogP contribution in [0.3, 0.4) is 0 Å². The van der Waals surface area contributed by atoms with Gasteiger partial charge in [0.25, 0.3) is 0 Å². The lowest BCUT2D eigenvalue weighted by Crippen LogP contribution is -2.18. The minimum atomic E-state index is -0.277. The Morgan fingerprint density at radius 2 is 2.15 bits per heavy atom. The molecule has 1 saturated carbocycles. The summed E-state index contributed by atoms with van der Waals surface area (Å²) in [5.74, 6) is 0.615. The van der Waals surface area contributed by atoms with E-state index in [-0.39, 0.29) is 5.97 Å². The number of ether oxygens (including phenoxy) is 1. The maximum Gasteiger partial charge on any atom is 0.337 e. The Balaban J connectivity index is 1.97. The zero-order chi connectivity index (χ0) is 14.4. The molecule has 1 aromatic carbocycles. The molecule has 1 aliphatic carbocycles. The van der Waals surface area contributed by atoms with Crippen LogP contribution in [0, 0.1) is 5.92 Å². The van der Waals surface area contributed by atoms with Gasteiger partial charge >= 0.3 is 5.97 Å². The number of carbonyl (C=O) groups is 1. The van der Waals surface area contributed by atoms with Gasteiger partial charge in [-0.05, 0) is 43.4 Å². The van der Waals surface area contributed by atoms with Crippen molar-refractivity contribution >= 4 is 11.7 Å². The predicted molar refractivity (Wildman–Crippen MR) is 82.1 cm³/mol. The molecule has 0 aromatic heterocycles. The van der Waals surface area contributed by atoms with Gasteiger partial charge in [0.1, 0.15) is 0 Å². The van der Waals surface area contributed by atoms with Crippen LogP contribution in [0.2, 0.25) is 0 Å². The van der Waals surface area contributed by atoms with Gasteiger partial charge in [0.05, 0.1) is 12.7 Å². The summed E-state index contributed by atoms with van der Waals surface area (Å²) in [4.78, 5) is 11.5. The number of carbonyl (C=O) groups excluding carboxylic acids is 1. The quantitative estimate of drug-likeness (QED) is 0.659. The lowest BCUT2D eigenvalue weighted by atomic mass is 9.98. The van der Waals surface area contributed by atoms with Crippen LogP contribution in [0.25, 0.3) is 0 Å². The van der Waals surface area contributed by atoms with Gasteiger partial charge in [0.15, 0.2) is 0 Å². The van der Waals surface area contributed by atoms with Crippen molar-refractivity contribution in [1.29, 1.82) is 0 Å². The zero-order valence-corrected chi connectivity index (χ0v) is 12.5. The summed E-state index contributed by atoms with van der Waals surface area (Å²) in [7, 11) is 1.42. The second kappa shape index (κ2) is 7.32. The van der Waals surface area contributed by atoms with Gasteiger partial charge in [-0.1, -0.05) is 32.3 Å². The van der Waals surface area contributed by atoms with E-state index in [4.69, 9.17) is 4.74 Å². The summed E-state index contributed by atoms with van der Waals surface area (Å²) in [6.07, 6.45) is 7.71. The number of methoxy groups -OCH3 is 1. The van der Waals surface area contributed by atoms with Crippen molar-refractivity contribution < 1.29 is 9.53 Å². The maximum absolute atomic E-state index is 11.5. The fraction of sp³-hybridized carbons (Fsp3) is 0.588. The van der Waals surface area contributed by atoms with Crippen LogP contribution in [-0.2, 0) is 4.74 Å². The average molecular weight is 275 g/mol. The molecule has 20 heavy (non-hydrogen) atoms. The molecule has 0 radical (unpaired) electrons. The summed E-state index contributed by atoms with van der Waals surface area (Å²) in [5.41, 5.74) is 1.63. The first-order valence-electron chi connectivity index (χ1n) is 7.67. The van der Waals surface area contributed by atoms with Crippen molar-refractivity contribution in [3.8, 4) is 0 Å². The number of nitrogens with one attached hydrogen (secondary N) is 1. The number of benzene rings is 1. The van der Waals surface area contributed by atoms with Crippen molar-refractivity contribution in [3.63, 3.8) is 0 Å². The zero-order valence-electron chi connectivity index (χ0n) is 12.5. The third-order valence-electron chi connectivity index (χ3n) is 4.32. The average Bonchev–Trinajstić information content (AvgIpc) is 2.72. The molecule has 1 fully saturated rings. The molecule has 0 amide bonds. The van der Waals surface area contributed by atoms with Crippen LogP contribution in [0.4, 0.5) is 5.69 Å². The molecule has 1 aliphatic rings. The molecule has 0 bridgehead atoms. The van der Waals surface area contributed by atoms with Crippen molar-refractivity contribution in [2.24, 2.45) is 5.92 Å². The Hall–Kier alpha value is -1.51. The monoisotopic (exact) mass is 275 g/mol. The van der Waals surface area contributed by atoms with E-state index < -0.39 is 0 Å². The molecule has 110 valence electrons. The lowest BCUT2D eigenvalue weighted by Gasteiger charge is -2.18. The Morgan fingerprint density at radius 1 is 1.30 bits per heavy atom. The first kappa shape index (κ1) is 14.9. The lowest BCUT2D eigenvalue weighted by molar-refractivity contribution is 0.0601. The number of hydrogen-bond acceptors (Lipinski definition) is 3. The molecule has 0 aliphatic heterocycles. The highest BCUT2D eigenvalue weighted by atomic mass is 16.5. The van der Waals surface area contributed by atoms with Crippen LogP contribution in [0.5, 0.6) is 0 Å². The van der Waals surface area contributed by atoms with Crippen LogP contribution in [0.15, 0.2) is 24.3 Å². The second-order valence-corrected chi connectivity index (χ2v) is 5.70. The molecular weight excluding hydrogens is 250 g/mol. The first-order valence-corrected chi connectivity index (χ1v) is 7.67. The molecule has 2 rings (SSSR count). The van der Waals surface area contributed by atoms with Crippen molar-refractivity contribution in [1.82, 2.24) is 0 Å². The molecule has 2 unspecified atom stereocenters. The minimum absolute atomic E-state index is 0.277. The van der Waals surface area contributed by atoms with E-state index in [1.807, 2.05) is 18.2 Å². The Labute approximate surface area is 121 Å². The maximum atomic E-state index is 11.5. The smallest absolute Gasteiger partial charge is 0.337 e. The summed E-state index contributed by atoms with van der Waals surface area (Å²) in [5, 5.41) is 3.58. The Kier molecular flexibility index (Phi) is 5.45. The number of anilines is 1. The van der Waals surface area contributed by atoms with Crippen molar-refractivity contribution in [3.05, 3.63) is 29.8 Å². The summed E-state index contributed by atoms with van der Waals surface area (Å²) in [6.45, 7) is 2.29.